The second-order valence-corrected chi connectivity index (χ2v) is 3.35. The maximum atomic E-state index is 11.7. The van der Waals surface area contributed by atoms with Crippen LogP contribution in [0.4, 0.5) is 0 Å². The van der Waals surface area contributed by atoms with Crippen molar-refractivity contribution >= 4 is 23.2 Å². The molecular weight excluding hydrogens is 206 g/mol. The second-order valence-electron chi connectivity index (χ2n) is 3.35. The first kappa shape index (κ1) is 10.4. The quantitative estimate of drug-likeness (QED) is 0.633. The normalized spacial score (nSPS) is 10.3. The average Bonchev–Trinajstić information content (AvgIpc) is 2.75. The number of aromatic nitrogens is 1. The minimum absolute atomic E-state index is 0.316. The number of H-pyrrole nitrogens is 1. The van der Waals surface area contributed by atoms with Crippen LogP contribution in [0.25, 0.3) is 10.9 Å². The Hall–Kier alpha value is -2.10. The number of nitrogens with one attached hydrogen (secondary N) is 1. The average molecular weight is 217 g/mol. The van der Waals surface area contributed by atoms with Gasteiger partial charge in [-0.2, -0.15) is 0 Å². The molecule has 0 amide bonds. The monoisotopic (exact) mass is 217 g/mol. The Labute approximate surface area is 92.2 Å². The number of benzene rings is 1. The lowest BCUT2D eigenvalue weighted by Crippen LogP contribution is -2.05. The van der Waals surface area contributed by atoms with Crippen LogP contribution in [-0.2, 0) is 4.74 Å². The zero-order chi connectivity index (χ0) is 11.5. The van der Waals surface area contributed by atoms with Gasteiger partial charge in [-0.15, -0.1) is 0 Å². The molecule has 0 aliphatic heterocycles. The summed E-state index contributed by atoms with van der Waals surface area (Å²) in [6.07, 6.45) is 2.44. The van der Waals surface area contributed by atoms with Gasteiger partial charge in [0.15, 0.2) is 0 Å². The van der Waals surface area contributed by atoms with Crippen LogP contribution in [0.2, 0.25) is 0 Å². The minimum atomic E-state index is -0.407. The van der Waals surface area contributed by atoms with E-state index in [-0.39, 0.29) is 0 Å². The molecule has 0 aliphatic carbocycles. The number of hydrogen-bond acceptors (Lipinski definition) is 3. The lowest BCUT2D eigenvalue weighted by Gasteiger charge is -2.04. The molecule has 0 bridgehead atoms. The highest BCUT2D eigenvalue weighted by Crippen LogP contribution is 2.20. The predicted molar refractivity (Wildman–Crippen MR) is 59.6 cm³/mol. The number of aromatic amines is 1. The molecule has 2 rings (SSSR count). The Morgan fingerprint density at radius 2 is 2.31 bits per heavy atom. The lowest BCUT2D eigenvalue weighted by molar-refractivity contribution is 0.0528. The van der Waals surface area contributed by atoms with E-state index in [1.54, 1.807) is 31.3 Å². The number of fused-ring (bicyclic) bond motifs is 1. The molecule has 1 heterocycles. The number of rotatable bonds is 3. The smallest absolute Gasteiger partial charge is 0.338 e. The van der Waals surface area contributed by atoms with Crippen LogP contribution in [-0.4, -0.2) is 23.8 Å². The summed E-state index contributed by atoms with van der Waals surface area (Å²) in [6.45, 7) is 2.06. The zero-order valence-electron chi connectivity index (χ0n) is 8.82. The summed E-state index contributed by atoms with van der Waals surface area (Å²) in [5.74, 6) is -0.407. The fourth-order valence-corrected chi connectivity index (χ4v) is 1.64. The van der Waals surface area contributed by atoms with Gasteiger partial charge >= 0.3 is 5.97 Å². The van der Waals surface area contributed by atoms with E-state index in [2.05, 4.69) is 4.98 Å². The van der Waals surface area contributed by atoms with Crippen molar-refractivity contribution < 1.29 is 14.3 Å². The summed E-state index contributed by atoms with van der Waals surface area (Å²) in [5.41, 5.74) is 1.63. The summed E-state index contributed by atoms with van der Waals surface area (Å²) in [4.78, 5) is 25.4. The molecule has 2 aromatic rings. The molecule has 4 nitrogen and oxygen atoms in total. The Morgan fingerprint density at radius 3 is 3.00 bits per heavy atom. The third-order valence-corrected chi connectivity index (χ3v) is 2.32. The van der Waals surface area contributed by atoms with Crippen molar-refractivity contribution in [2.24, 2.45) is 0 Å². The van der Waals surface area contributed by atoms with E-state index in [9.17, 15) is 9.59 Å². The molecule has 16 heavy (non-hydrogen) atoms. The largest absolute Gasteiger partial charge is 0.462 e. The van der Waals surface area contributed by atoms with Crippen molar-refractivity contribution in [2.45, 2.75) is 6.92 Å². The Balaban J connectivity index is 2.60. The number of esters is 1. The second kappa shape index (κ2) is 4.18. The van der Waals surface area contributed by atoms with E-state index in [1.165, 1.54) is 0 Å². The molecule has 1 N–H and O–H groups in total. The van der Waals surface area contributed by atoms with Crippen LogP contribution in [0.1, 0.15) is 27.6 Å². The van der Waals surface area contributed by atoms with Crippen LogP contribution in [0.3, 0.4) is 0 Å². The standard InChI is InChI=1S/C12H11NO3/c1-2-16-12(15)10-5-8(7-14)6-11-9(10)3-4-13-11/h3-7,13H,2H2,1H3. The van der Waals surface area contributed by atoms with Gasteiger partial charge in [-0.3, -0.25) is 4.79 Å². The highest BCUT2D eigenvalue weighted by Gasteiger charge is 2.13. The molecule has 0 atom stereocenters. The molecular formula is C12H11NO3. The first-order valence-electron chi connectivity index (χ1n) is 4.99. The maximum Gasteiger partial charge on any atom is 0.338 e. The molecule has 0 spiro atoms. The highest BCUT2D eigenvalue weighted by molar-refractivity contribution is 6.05. The van der Waals surface area contributed by atoms with Crippen LogP contribution in [0.15, 0.2) is 24.4 Å². The summed E-state index contributed by atoms with van der Waals surface area (Å²) >= 11 is 0. The predicted octanol–water partition coefficient (Wildman–Crippen LogP) is 2.16. The van der Waals surface area contributed by atoms with Crippen LogP contribution >= 0.6 is 0 Å². The lowest BCUT2D eigenvalue weighted by atomic mass is 10.1. The van der Waals surface area contributed by atoms with Gasteiger partial charge in [-0.1, -0.05) is 0 Å². The fourth-order valence-electron chi connectivity index (χ4n) is 1.64. The van der Waals surface area contributed by atoms with Gasteiger partial charge in [0.2, 0.25) is 0 Å². The van der Waals surface area contributed by atoms with Crippen molar-refractivity contribution in [3.63, 3.8) is 0 Å². The minimum Gasteiger partial charge on any atom is -0.462 e. The van der Waals surface area contributed by atoms with Gasteiger partial charge < -0.3 is 9.72 Å². The molecule has 0 unspecified atom stereocenters. The molecule has 0 radical (unpaired) electrons. The van der Waals surface area contributed by atoms with Crippen LogP contribution in [0, 0.1) is 0 Å². The van der Waals surface area contributed by atoms with Crippen molar-refractivity contribution in [1.29, 1.82) is 0 Å². The molecule has 1 aromatic carbocycles. The summed E-state index contributed by atoms with van der Waals surface area (Å²) in [6, 6.07) is 5.03. The van der Waals surface area contributed by atoms with E-state index < -0.39 is 5.97 Å². The number of ether oxygens (including phenoxy) is 1. The number of hydrogen-bond donors (Lipinski definition) is 1. The van der Waals surface area contributed by atoms with Crippen molar-refractivity contribution in [3.05, 3.63) is 35.5 Å². The van der Waals surface area contributed by atoms with Gasteiger partial charge in [0.1, 0.15) is 6.29 Å². The van der Waals surface area contributed by atoms with E-state index in [0.29, 0.717) is 24.0 Å². The van der Waals surface area contributed by atoms with Crippen molar-refractivity contribution in [3.8, 4) is 0 Å². The Kier molecular flexibility index (Phi) is 2.72. The molecule has 82 valence electrons. The molecule has 0 saturated heterocycles. The topological polar surface area (TPSA) is 59.2 Å². The summed E-state index contributed by atoms with van der Waals surface area (Å²) in [5, 5.41) is 0.768. The van der Waals surface area contributed by atoms with E-state index in [0.717, 1.165) is 10.9 Å². The maximum absolute atomic E-state index is 11.7. The van der Waals surface area contributed by atoms with E-state index in [4.69, 9.17) is 4.74 Å². The first-order chi connectivity index (χ1) is 7.76. The molecule has 1 aromatic heterocycles. The van der Waals surface area contributed by atoms with Gasteiger partial charge in [0.05, 0.1) is 12.2 Å². The van der Waals surface area contributed by atoms with Crippen molar-refractivity contribution in [2.75, 3.05) is 6.61 Å². The summed E-state index contributed by atoms with van der Waals surface area (Å²) < 4.78 is 4.94. The molecule has 0 aliphatic rings. The number of carbonyl (C=O) groups is 2. The van der Waals surface area contributed by atoms with E-state index in [1.807, 2.05) is 0 Å². The fraction of sp³-hybridized carbons (Fsp3) is 0.167. The van der Waals surface area contributed by atoms with Gasteiger partial charge in [0, 0.05) is 22.7 Å². The SMILES string of the molecule is CCOC(=O)c1cc(C=O)cc2[nH]ccc12. The molecule has 0 saturated carbocycles. The number of carbonyl (C=O) groups excluding carboxylic acids is 2. The Bertz CT molecular complexity index is 542. The van der Waals surface area contributed by atoms with Gasteiger partial charge in [-0.05, 0) is 25.1 Å². The van der Waals surface area contributed by atoms with E-state index >= 15 is 0 Å². The molecule has 0 fully saturated rings. The highest BCUT2D eigenvalue weighted by atomic mass is 16.5. The number of aldehydes is 1. The van der Waals surface area contributed by atoms with Gasteiger partial charge in [0.25, 0.3) is 0 Å². The Morgan fingerprint density at radius 1 is 1.50 bits per heavy atom. The van der Waals surface area contributed by atoms with Crippen LogP contribution < -0.4 is 0 Å². The first-order valence-corrected chi connectivity index (χ1v) is 4.99. The molecule has 4 heteroatoms. The summed E-state index contributed by atoms with van der Waals surface area (Å²) in [7, 11) is 0. The van der Waals surface area contributed by atoms with Gasteiger partial charge in [-0.25, -0.2) is 4.79 Å². The van der Waals surface area contributed by atoms with Crippen LogP contribution in [0.5, 0.6) is 0 Å². The third kappa shape index (κ3) is 1.69. The zero-order valence-corrected chi connectivity index (χ0v) is 8.82. The van der Waals surface area contributed by atoms with Crippen molar-refractivity contribution in [1.82, 2.24) is 4.98 Å². The third-order valence-electron chi connectivity index (χ3n) is 2.32.